The lowest BCUT2D eigenvalue weighted by Crippen LogP contribution is -2.47. The third-order valence-electron chi connectivity index (χ3n) is 3.74. The summed E-state index contributed by atoms with van der Waals surface area (Å²) in [5.74, 6) is -0.152. The number of amides is 2. The van der Waals surface area contributed by atoms with Crippen LogP contribution in [0.3, 0.4) is 0 Å². The Morgan fingerprint density at radius 2 is 1.95 bits per heavy atom. The van der Waals surface area contributed by atoms with Gasteiger partial charge in [-0.3, -0.25) is 4.79 Å². The van der Waals surface area contributed by atoms with Gasteiger partial charge in [-0.05, 0) is 39.0 Å². The first kappa shape index (κ1) is 15.8. The molecule has 1 saturated carbocycles. The molecule has 19 heavy (non-hydrogen) atoms. The first-order valence-corrected chi connectivity index (χ1v) is 7.15. The average molecular weight is 270 g/mol. The molecule has 2 amide bonds. The van der Waals surface area contributed by atoms with Gasteiger partial charge in [0.25, 0.3) is 0 Å². The van der Waals surface area contributed by atoms with E-state index < -0.39 is 5.97 Å². The van der Waals surface area contributed by atoms with Crippen LogP contribution >= 0.6 is 0 Å². The lowest BCUT2D eigenvalue weighted by atomic mass is 9.85. The summed E-state index contributed by atoms with van der Waals surface area (Å²) in [5, 5.41) is 8.66. The maximum Gasteiger partial charge on any atom is 0.319 e. The third-order valence-corrected chi connectivity index (χ3v) is 3.74. The van der Waals surface area contributed by atoms with Crippen LogP contribution in [0.25, 0.3) is 0 Å². The van der Waals surface area contributed by atoms with Crippen LogP contribution in [0.5, 0.6) is 0 Å². The van der Waals surface area contributed by atoms with E-state index in [4.69, 9.17) is 5.11 Å². The minimum absolute atomic E-state index is 0.0206. The average Bonchev–Trinajstić information content (AvgIpc) is 2.27. The zero-order valence-corrected chi connectivity index (χ0v) is 12.3. The van der Waals surface area contributed by atoms with Gasteiger partial charge in [-0.25, -0.2) is 4.79 Å². The van der Waals surface area contributed by atoms with E-state index in [-0.39, 0.29) is 18.5 Å². The first-order valence-electron chi connectivity index (χ1n) is 7.15. The maximum atomic E-state index is 12.3. The summed E-state index contributed by atoms with van der Waals surface area (Å²) in [7, 11) is 1.84. The second-order valence-electron chi connectivity index (χ2n) is 5.74. The minimum Gasteiger partial charge on any atom is -0.481 e. The molecule has 0 aromatic rings. The van der Waals surface area contributed by atoms with Crippen molar-refractivity contribution in [2.45, 2.75) is 52.0 Å². The van der Waals surface area contributed by atoms with Gasteiger partial charge in [0.15, 0.2) is 0 Å². The normalized spacial score (nSPS) is 15.2. The van der Waals surface area contributed by atoms with Crippen LogP contribution < -0.4 is 0 Å². The fourth-order valence-corrected chi connectivity index (χ4v) is 2.34. The van der Waals surface area contributed by atoms with Gasteiger partial charge >= 0.3 is 12.0 Å². The number of urea groups is 1. The molecule has 0 spiro atoms. The van der Waals surface area contributed by atoms with Gasteiger partial charge in [0.1, 0.15) is 0 Å². The highest BCUT2D eigenvalue weighted by Crippen LogP contribution is 2.27. The molecule has 1 aliphatic carbocycles. The lowest BCUT2D eigenvalue weighted by molar-refractivity contribution is -0.137. The molecule has 1 fully saturated rings. The quantitative estimate of drug-likeness (QED) is 0.772. The highest BCUT2D eigenvalue weighted by atomic mass is 16.4. The van der Waals surface area contributed by atoms with Gasteiger partial charge < -0.3 is 14.9 Å². The van der Waals surface area contributed by atoms with Crippen LogP contribution in [0.2, 0.25) is 0 Å². The number of carboxylic acids is 1. The van der Waals surface area contributed by atoms with Gasteiger partial charge in [-0.15, -0.1) is 0 Å². The van der Waals surface area contributed by atoms with Crippen molar-refractivity contribution in [1.82, 2.24) is 9.80 Å². The second kappa shape index (κ2) is 7.36. The summed E-state index contributed by atoms with van der Waals surface area (Å²) in [5.41, 5.74) is 0. The molecule has 0 bridgehead atoms. The minimum atomic E-state index is -0.807. The topological polar surface area (TPSA) is 60.9 Å². The van der Waals surface area contributed by atoms with E-state index in [1.807, 2.05) is 20.9 Å². The van der Waals surface area contributed by atoms with Crippen LogP contribution in [0, 0.1) is 5.92 Å². The number of carboxylic acid groups (broad SMARTS) is 1. The summed E-state index contributed by atoms with van der Waals surface area (Å²) in [6.45, 7) is 5.27. The van der Waals surface area contributed by atoms with Crippen LogP contribution in [0.1, 0.15) is 46.0 Å². The van der Waals surface area contributed by atoms with Gasteiger partial charge in [0.2, 0.25) is 0 Å². The number of carbonyl (C=O) groups is 2. The van der Waals surface area contributed by atoms with Crippen LogP contribution in [0.15, 0.2) is 0 Å². The molecule has 0 saturated heterocycles. The number of carbonyl (C=O) groups excluding carboxylic acids is 1. The first-order chi connectivity index (χ1) is 8.91. The molecular weight excluding hydrogens is 244 g/mol. The van der Waals surface area contributed by atoms with Crippen LogP contribution in [0.4, 0.5) is 4.79 Å². The highest BCUT2D eigenvalue weighted by Gasteiger charge is 2.25. The standard InChI is InChI=1S/C14H26N2O3/c1-11(2)16(9-5-8-13(17)18)14(19)15(3)10-12-6-4-7-12/h11-12H,4-10H2,1-3H3,(H,17,18). The lowest BCUT2D eigenvalue weighted by Gasteiger charge is -2.35. The molecule has 1 N–H and O–H groups in total. The van der Waals surface area contributed by atoms with Crippen molar-refractivity contribution in [2.24, 2.45) is 5.92 Å². The largest absolute Gasteiger partial charge is 0.481 e. The Bertz CT molecular complexity index is 314. The molecule has 0 aromatic carbocycles. The number of rotatable bonds is 7. The van der Waals surface area contributed by atoms with Gasteiger partial charge in [0, 0.05) is 32.6 Å². The number of aliphatic carboxylic acids is 1. The van der Waals surface area contributed by atoms with Crippen molar-refractivity contribution in [3.8, 4) is 0 Å². The van der Waals surface area contributed by atoms with Gasteiger partial charge in [-0.2, -0.15) is 0 Å². The molecule has 0 radical (unpaired) electrons. The summed E-state index contributed by atoms with van der Waals surface area (Å²) in [6.07, 6.45) is 4.34. The Kier molecular flexibility index (Phi) is 6.12. The molecule has 1 aliphatic rings. The molecule has 0 unspecified atom stereocenters. The summed E-state index contributed by atoms with van der Waals surface area (Å²) in [4.78, 5) is 26.4. The number of hydrogen-bond donors (Lipinski definition) is 1. The van der Waals surface area contributed by atoms with E-state index in [1.165, 1.54) is 19.3 Å². The zero-order chi connectivity index (χ0) is 14.4. The van der Waals surface area contributed by atoms with Crippen molar-refractivity contribution in [3.63, 3.8) is 0 Å². The Balaban J connectivity index is 2.43. The molecule has 5 nitrogen and oxygen atoms in total. The van der Waals surface area contributed by atoms with Crippen molar-refractivity contribution < 1.29 is 14.7 Å². The van der Waals surface area contributed by atoms with Gasteiger partial charge in [-0.1, -0.05) is 6.42 Å². The Hall–Kier alpha value is -1.26. The Morgan fingerprint density at radius 1 is 1.32 bits per heavy atom. The molecule has 0 heterocycles. The van der Waals surface area contributed by atoms with E-state index in [9.17, 15) is 9.59 Å². The molecule has 1 rings (SSSR count). The SMILES string of the molecule is CC(C)N(CCCC(=O)O)C(=O)N(C)CC1CCC1. The molecule has 0 aromatic heterocycles. The third kappa shape index (κ3) is 5.09. The second-order valence-corrected chi connectivity index (χ2v) is 5.74. The maximum absolute atomic E-state index is 12.3. The smallest absolute Gasteiger partial charge is 0.319 e. The molecule has 0 aliphatic heterocycles. The molecular formula is C14H26N2O3. The van der Waals surface area contributed by atoms with Crippen molar-refractivity contribution in [3.05, 3.63) is 0 Å². The van der Waals surface area contributed by atoms with E-state index >= 15 is 0 Å². The number of nitrogens with zero attached hydrogens (tertiary/aromatic N) is 2. The molecule has 5 heteroatoms. The molecule has 0 atom stereocenters. The monoisotopic (exact) mass is 270 g/mol. The van der Waals surface area contributed by atoms with Crippen molar-refractivity contribution >= 4 is 12.0 Å². The van der Waals surface area contributed by atoms with E-state index in [2.05, 4.69) is 0 Å². The summed E-state index contributed by atoms with van der Waals surface area (Å²) >= 11 is 0. The van der Waals surface area contributed by atoms with Crippen molar-refractivity contribution in [1.29, 1.82) is 0 Å². The van der Waals surface area contributed by atoms with Gasteiger partial charge in [0.05, 0.1) is 0 Å². The van der Waals surface area contributed by atoms with E-state index in [0.717, 1.165) is 6.54 Å². The summed E-state index contributed by atoms with van der Waals surface area (Å²) in [6, 6.07) is 0.123. The van der Waals surface area contributed by atoms with Crippen LogP contribution in [-0.4, -0.2) is 53.1 Å². The van der Waals surface area contributed by atoms with E-state index in [0.29, 0.717) is 18.9 Å². The highest BCUT2D eigenvalue weighted by molar-refractivity contribution is 5.74. The fourth-order valence-electron chi connectivity index (χ4n) is 2.34. The predicted molar refractivity (Wildman–Crippen MR) is 74.1 cm³/mol. The Morgan fingerprint density at radius 3 is 2.37 bits per heavy atom. The molecule has 110 valence electrons. The number of hydrogen-bond acceptors (Lipinski definition) is 2. The fraction of sp³-hybridized carbons (Fsp3) is 0.857. The van der Waals surface area contributed by atoms with E-state index in [1.54, 1.807) is 9.80 Å². The Labute approximate surface area is 115 Å². The predicted octanol–water partition coefficient (Wildman–Crippen LogP) is 2.41. The van der Waals surface area contributed by atoms with Crippen molar-refractivity contribution in [2.75, 3.05) is 20.1 Å². The zero-order valence-electron chi connectivity index (χ0n) is 12.3. The van der Waals surface area contributed by atoms with Crippen LogP contribution in [-0.2, 0) is 4.79 Å². The summed E-state index contributed by atoms with van der Waals surface area (Å²) < 4.78 is 0.